The van der Waals surface area contributed by atoms with Crippen molar-refractivity contribution in [2.24, 2.45) is 5.92 Å². The second kappa shape index (κ2) is 6.38. The molecule has 1 fully saturated rings. The third-order valence-electron chi connectivity index (χ3n) is 4.74. The minimum absolute atomic E-state index is 0.0276. The zero-order chi connectivity index (χ0) is 15.7. The topological polar surface area (TPSA) is 67.5 Å². The fourth-order valence-electron chi connectivity index (χ4n) is 3.54. The number of hydrogen-bond acceptors (Lipinski definition) is 4. The molecule has 1 amide bonds. The van der Waals surface area contributed by atoms with Gasteiger partial charge in [0, 0.05) is 38.8 Å². The number of rotatable bonds is 3. The maximum Gasteiger partial charge on any atom is 0.274 e. The van der Waals surface area contributed by atoms with E-state index in [1.807, 2.05) is 18.7 Å². The average molecular weight is 307 g/mol. The molecule has 22 heavy (non-hydrogen) atoms. The molecule has 0 radical (unpaired) electrons. The molecule has 6 nitrogen and oxygen atoms in total. The Morgan fingerprint density at radius 2 is 2.14 bits per heavy atom. The largest absolute Gasteiger partial charge is 0.384 e. The van der Waals surface area contributed by atoms with Crippen LogP contribution in [-0.2, 0) is 15.9 Å². The van der Waals surface area contributed by atoms with Crippen molar-refractivity contribution in [1.29, 1.82) is 0 Å². The number of methoxy groups -OCH3 is 1. The summed E-state index contributed by atoms with van der Waals surface area (Å²) in [5.41, 5.74) is 2.58. The van der Waals surface area contributed by atoms with Crippen LogP contribution < -0.4 is 0 Å². The van der Waals surface area contributed by atoms with Crippen molar-refractivity contribution in [1.82, 2.24) is 15.1 Å². The van der Waals surface area contributed by atoms with E-state index in [1.165, 1.54) is 0 Å². The van der Waals surface area contributed by atoms with Gasteiger partial charge in [0.05, 0.1) is 17.9 Å². The molecular weight excluding hydrogens is 282 g/mol. The Morgan fingerprint density at radius 3 is 2.82 bits per heavy atom. The van der Waals surface area contributed by atoms with Crippen LogP contribution in [0.25, 0.3) is 0 Å². The number of fused-ring (bicyclic) bond motifs is 1. The Morgan fingerprint density at radius 1 is 1.41 bits per heavy atom. The van der Waals surface area contributed by atoms with E-state index in [0.29, 0.717) is 11.6 Å². The number of H-pyrrole nitrogens is 1. The summed E-state index contributed by atoms with van der Waals surface area (Å²) >= 11 is 0. The maximum atomic E-state index is 12.8. The van der Waals surface area contributed by atoms with Gasteiger partial charge in [-0.05, 0) is 32.6 Å². The van der Waals surface area contributed by atoms with Gasteiger partial charge in [0.25, 0.3) is 5.91 Å². The van der Waals surface area contributed by atoms with E-state index in [1.54, 1.807) is 7.11 Å². The van der Waals surface area contributed by atoms with E-state index in [0.717, 1.165) is 50.2 Å². The van der Waals surface area contributed by atoms with Gasteiger partial charge in [0.2, 0.25) is 0 Å². The molecule has 0 aliphatic carbocycles. The lowest BCUT2D eigenvalue weighted by molar-refractivity contribution is -0.00704. The molecule has 2 aliphatic rings. The Bertz CT molecular complexity index is 535. The summed E-state index contributed by atoms with van der Waals surface area (Å²) in [4.78, 5) is 14.7. The van der Waals surface area contributed by atoms with E-state index in [-0.39, 0.29) is 18.1 Å². The molecule has 2 aliphatic heterocycles. The first-order valence-corrected chi connectivity index (χ1v) is 8.11. The fourth-order valence-corrected chi connectivity index (χ4v) is 3.54. The molecule has 1 N–H and O–H groups in total. The highest BCUT2D eigenvalue weighted by molar-refractivity contribution is 5.94. The lowest BCUT2D eigenvalue weighted by atomic mass is 9.96. The molecule has 1 saturated heterocycles. The smallest absolute Gasteiger partial charge is 0.274 e. The number of amides is 1. The number of nitrogens with zero attached hydrogens (tertiary/aromatic N) is 2. The summed E-state index contributed by atoms with van der Waals surface area (Å²) in [5.74, 6) is 0.616. The van der Waals surface area contributed by atoms with Crippen molar-refractivity contribution in [3.8, 4) is 0 Å². The van der Waals surface area contributed by atoms with Crippen LogP contribution in [0.3, 0.4) is 0 Å². The van der Waals surface area contributed by atoms with Gasteiger partial charge in [0.1, 0.15) is 0 Å². The minimum Gasteiger partial charge on any atom is -0.384 e. The van der Waals surface area contributed by atoms with Crippen LogP contribution in [0, 0.1) is 5.92 Å². The Kier molecular flexibility index (Phi) is 4.49. The van der Waals surface area contributed by atoms with Gasteiger partial charge in [-0.3, -0.25) is 9.89 Å². The van der Waals surface area contributed by atoms with Crippen LogP contribution in [0.1, 0.15) is 54.5 Å². The summed E-state index contributed by atoms with van der Waals surface area (Å²) in [6, 6.07) is 0. The highest BCUT2D eigenvalue weighted by atomic mass is 16.5. The number of nitrogens with one attached hydrogen (secondary N) is 1. The van der Waals surface area contributed by atoms with Gasteiger partial charge in [-0.2, -0.15) is 5.10 Å². The Labute approximate surface area is 131 Å². The number of carbonyl (C=O) groups is 1. The van der Waals surface area contributed by atoms with E-state index in [2.05, 4.69) is 10.2 Å². The van der Waals surface area contributed by atoms with Crippen molar-refractivity contribution in [2.45, 2.75) is 45.3 Å². The van der Waals surface area contributed by atoms with Gasteiger partial charge in [0.15, 0.2) is 5.69 Å². The third-order valence-corrected chi connectivity index (χ3v) is 4.74. The Balaban J connectivity index is 1.72. The van der Waals surface area contributed by atoms with Gasteiger partial charge in [-0.1, -0.05) is 0 Å². The molecule has 0 bridgehead atoms. The molecule has 3 heterocycles. The van der Waals surface area contributed by atoms with Crippen LogP contribution in [0.2, 0.25) is 0 Å². The summed E-state index contributed by atoms with van der Waals surface area (Å²) in [6.45, 7) is 6.40. The van der Waals surface area contributed by atoms with Gasteiger partial charge in [-0.15, -0.1) is 0 Å². The van der Waals surface area contributed by atoms with E-state index in [9.17, 15) is 4.79 Å². The van der Waals surface area contributed by atoms with Gasteiger partial charge < -0.3 is 14.4 Å². The first kappa shape index (κ1) is 15.5. The number of likely N-dealkylation sites (tertiary alicyclic amines) is 1. The maximum absolute atomic E-state index is 12.8. The fraction of sp³-hybridized carbons (Fsp3) is 0.750. The van der Waals surface area contributed by atoms with Gasteiger partial charge >= 0.3 is 0 Å². The van der Waals surface area contributed by atoms with Gasteiger partial charge in [-0.25, -0.2) is 0 Å². The van der Waals surface area contributed by atoms with Crippen LogP contribution in [0.4, 0.5) is 0 Å². The van der Waals surface area contributed by atoms with Crippen LogP contribution >= 0.6 is 0 Å². The molecule has 0 saturated carbocycles. The molecule has 0 aromatic carbocycles. The SMILES string of the molecule is COCC1CCN(C(=O)c2n[nH]c3c2C[C@H](C)O[C@@H]3C)CC1. The molecule has 3 rings (SSSR count). The monoisotopic (exact) mass is 307 g/mol. The van der Waals surface area contributed by atoms with Crippen LogP contribution in [0.5, 0.6) is 0 Å². The highest BCUT2D eigenvalue weighted by Crippen LogP contribution is 2.31. The lowest BCUT2D eigenvalue weighted by Gasteiger charge is -2.32. The zero-order valence-corrected chi connectivity index (χ0v) is 13.6. The van der Waals surface area contributed by atoms with E-state index >= 15 is 0 Å². The predicted molar refractivity (Wildman–Crippen MR) is 81.8 cm³/mol. The molecule has 0 unspecified atom stereocenters. The number of aromatic nitrogens is 2. The molecule has 2 atom stereocenters. The minimum atomic E-state index is -0.0276. The number of ether oxygens (including phenoxy) is 2. The van der Waals surface area contributed by atoms with Crippen molar-refractivity contribution < 1.29 is 14.3 Å². The molecule has 6 heteroatoms. The first-order chi connectivity index (χ1) is 10.6. The summed E-state index contributed by atoms with van der Waals surface area (Å²) < 4.78 is 11.0. The normalized spacial score (nSPS) is 26.0. The summed E-state index contributed by atoms with van der Waals surface area (Å²) in [6.07, 6.45) is 2.85. The highest BCUT2D eigenvalue weighted by Gasteiger charge is 2.32. The van der Waals surface area contributed by atoms with Crippen molar-refractivity contribution in [2.75, 3.05) is 26.8 Å². The molecule has 122 valence electrons. The molecule has 1 aromatic heterocycles. The standard InChI is InChI=1S/C16H25N3O3/c1-10-8-13-14(11(2)22-10)17-18-15(13)16(20)19-6-4-12(5-7-19)9-21-3/h10-12H,4-9H2,1-3H3,(H,17,18)/t10-,11+/m0/s1. The van der Waals surface area contributed by atoms with E-state index in [4.69, 9.17) is 9.47 Å². The second-order valence-corrected chi connectivity index (χ2v) is 6.45. The predicted octanol–water partition coefficient (Wildman–Crippen LogP) is 1.93. The van der Waals surface area contributed by atoms with Crippen molar-refractivity contribution in [3.05, 3.63) is 17.0 Å². The summed E-state index contributed by atoms with van der Waals surface area (Å²) in [5, 5.41) is 7.30. The second-order valence-electron chi connectivity index (χ2n) is 6.45. The van der Waals surface area contributed by atoms with Crippen LogP contribution in [-0.4, -0.2) is 53.9 Å². The third kappa shape index (κ3) is 2.90. The van der Waals surface area contributed by atoms with Crippen LogP contribution in [0.15, 0.2) is 0 Å². The number of carbonyl (C=O) groups excluding carboxylic acids is 1. The summed E-state index contributed by atoms with van der Waals surface area (Å²) in [7, 11) is 1.73. The molecular formula is C16H25N3O3. The number of piperidine rings is 1. The number of hydrogen-bond donors (Lipinski definition) is 1. The lowest BCUT2D eigenvalue weighted by Crippen LogP contribution is -2.40. The zero-order valence-electron chi connectivity index (χ0n) is 13.6. The number of aromatic amines is 1. The average Bonchev–Trinajstić information content (AvgIpc) is 2.91. The Hall–Kier alpha value is -1.40. The van der Waals surface area contributed by atoms with Crippen molar-refractivity contribution in [3.63, 3.8) is 0 Å². The molecule has 0 spiro atoms. The van der Waals surface area contributed by atoms with Crippen molar-refractivity contribution >= 4 is 5.91 Å². The van der Waals surface area contributed by atoms with E-state index < -0.39 is 0 Å². The molecule has 1 aromatic rings. The quantitative estimate of drug-likeness (QED) is 0.926. The first-order valence-electron chi connectivity index (χ1n) is 8.11.